The van der Waals surface area contributed by atoms with E-state index in [4.69, 9.17) is 11.6 Å². The van der Waals surface area contributed by atoms with Crippen molar-refractivity contribution in [1.82, 2.24) is 18.8 Å². The van der Waals surface area contributed by atoms with Crippen LogP contribution in [0.1, 0.15) is 35.6 Å². The molecule has 1 amide bonds. The fourth-order valence-electron chi connectivity index (χ4n) is 4.54. The summed E-state index contributed by atoms with van der Waals surface area (Å²) in [6.07, 6.45) is 9.70. The number of allylic oxidation sites excluding steroid dienone is 1. The first kappa shape index (κ1) is 23.1. The maximum absolute atomic E-state index is 12.9. The molecule has 8 nitrogen and oxygen atoms in total. The van der Waals surface area contributed by atoms with Crippen molar-refractivity contribution in [3.8, 4) is 0 Å². The van der Waals surface area contributed by atoms with E-state index in [9.17, 15) is 13.2 Å². The molecule has 0 bridgehead atoms. The number of anilines is 1. The predicted molar refractivity (Wildman–Crippen MR) is 133 cm³/mol. The molecular formula is C23H24ClN5O3S2. The van der Waals surface area contributed by atoms with Gasteiger partial charge in [0, 0.05) is 42.9 Å². The largest absolute Gasteiger partial charge is 0.341 e. The summed E-state index contributed by atoms with van der Waals surface area (Å²) in [5.74, 6) is 0.403. The average molecular weight is 518 g/mol. The van der Waals surface area contributed by atoms with Crippen LogP contribution in [0.5, 0.6) is 0 Å². The number of piperidine rings is 1. The van der Waals surface area contributed by atoms with Crippen LogP contribution in [0.3, 0.4) is 0 Å². The van der Waals surface area contributed by atoms with E-state index >= 15 is 0 Å². The van der Waals surface area contributed by atoms with Crippen LogP contribution in [0.2, 0.25) is 0 Å². The molecule has 34 heavy (non-hydrogen) atoms. The Morgan fingerprint density at radius 3 is 2.65 bits per heavy atom. The Balaban J connectivity index is 1.17. The number of nitrogens with one attached hydrogen (secondary N) is 1. The molecule has 2 aromatic heterocycles. The highest BCUT2D eigenvalue weighted by atomic mass is 35.5. The molecule has 178 valence electrons. The lowest BCUT2D eigenvalue weighted by molar-refractivity contribution is -0.132. The van der Waals surface area contributed by atoms with Crippen LogP contribution in [0.4, 0.5) is 5.13 Å². The minimum absolute atomic E-state index is 0.0338. The van der Waals surface area contributed by atoms with E-state index in [-0.39, 0.29) is 21.3 Å². The van der Waals surface area contributed by atoms with Crippen molar-refractivity contribution in [2.45, 2.75) is 42.0 Å². The Morgan fingerprint density at radius 2 is 1.94 bits per heavy atom. The zero-order valence-electron chi connectivity index (χ0n) is 18.3. The van der Waals surface area contributed by atoms with Gasteiger partial charge in [0.2, 0.25) is 11.0 Å². The number of aromatic nitrogens is 3. The van der Waals surface area contributed by atoms with Crippen LogP contribution < -0.4 is 4.72 Å². The summed E-state index contributed by atoms with van der Waals surface area (Å²) in [6.45, 7) is 1.69. The molecule has 3 aromatic rings. The van der Waals surface area contributed by atoms with Gasteiger partial charge in [-0.2, -0.15) is 4.37 Å². The van der Waals surface area contributed by atoms with Gasteiger partial charge < -0.3 is 9.47 Å². The Labute approximate surface area is 207 Å². The highest BCUT2D eigenvalue weighted by Gasteiger charge is 2.26. The van der Waals surface area contributed by atoms with Crippen LogP contribution in [-0.4, -0.2) is 51.6 Å². The van der Waals surface area contributed by atoms with Crippen LogP contribution in [0.15, 0.2) is 53.8 Å². The molecule has 1 saturated heterocycles. The standard InChI is InChI=1S/C23H24ClN5O3S2/c24-19-4-1-18-9-12-29(21(18)13-19)14-22(30)28-10-7-17(8-11-28)16-2-5-20(6-3-16)34(31,32)27-23-25-15-26-33-23/h1-6,9,12,15,17,19H,7-8,10-11,13-14H2,(H,25,26,27). The van der Waals surface area contributed by atoms with Gasteiger partial charge in [0.05, 0.1) is 10.3 Å². The van der Waals surface area contributed by atoms with Gasteiger partial charge in [0.1, 0.15) is 12.9 Å². The number of alkyl halides is 1. The van der Waals surface area contributed by atoms with Crippen molar-refractivity contribution >= 4 is 50.3 Å². The summed E-state index contributed by atoms with van der Waals surface area (Å²) in [7, 11) is -3.70. The lowest BCUT2D eigenvalue weighted by Crippen LogP contribution is -2.40. The third kappa shape index (κ3) is 4.89. The normalized spacial score (nSPS) is 18.6. The minimum Gasteiger partial charge on any atom is -0.341 e. The fourth-order valence-corrected chi connectivity index (χ4v) is 6.42. The van der Waals surface area contributed by atoms with Gasteiger partial charge in [-0.1, -0.05) is 24.3 Å². The van der Waals surface area contributed by atoms with E-state index in [2.05, 4.69) is 14.1 Å². The molecule has 1 aliphatic heterocycles. The van der Waals surface area contributed by atoms with Gasteiger partial charge in [-0.05, 0) is 48.1 Å². The number of hydrogen-bond donors (Lipinski definition) is 1. The summed E-state index contributed by atoms with van der Waals surface area (Å²) in [5.41, 5.74) is 3.33. The lowest BCUT2D eigenvalue weighted by Gasteiger charge is -2.32. The SMILES string of the molecule is O=C(Cn1ccc2c1CC(Cl)C=C2)N1CCC(c2ccc(S(=O)(=O)Nc3ncns3)cc2)CC1. The maximum Gasteiger partial charge on any atom is 0.263 e. The molecule has 2 aliphatic rings. The Hall–Kier alpha value is -2.69. The molecule has 1 atom stereocenters. The van der Waals surface area contributed by atoms with Gasteiger partial charge in [-0.3, -0.25) is 9.52 Å². The van der Waals surface area contributed by atoms with E-state index < -0.39 is 10.0 Å². The monoisotopic (exact) mass is 517 g/mol. The van der Waals surface area contributed by atoms with Crippen molar-refractivity contribution in [2.24, 2.45) is 0 Å². The quantitative estimate of drug-likeness (QED) is 0.502. The molecule has 1 unspecified atom stereocenters. The topological polar surface area (TPSA) is 97.2 Å². The number of carbonyl (C=O) groups excluding carboxylic acids is 1. The van der Waals surface area contributed by atoms with Crippen molar-refractivity contribution in [2.75, 3.05) is 17.8 Å². The first-order chi connectivity index (χ1) is 16.4. The zero-order valence-corrected chi connectivity index (χ0v) is 20.7. The molecule has 3 heterocycles. The van der Waals surface area contributed by atoms with E-state index in [0.29, 0.717) is 25.6 Å². The zero-order chi connectivity index (χ0) is 23.7. The van der Waals surface area contributed by atoms with Crippen molar-refractivity contribution in [3.05, 3.63) is 65.8 Å². The molecule has 0 radical (unpaired) electrons. The molecule has 5 rings (SSSR count). The Bertz CT molecular complexity index is 1290. The maximum atomic E-state index is 12.9. The molecular weight excluding hydrogens is 494 g/mol. The Morgan fingerprint density at radius 1 is 1.18 bits per heavy atom. The number of fused-ring (bicyclic) bond motifs is 1. The number of sulfonamides is 1. The second-order valence-electron chi connectivity index (χ2n) is 8.50. The van der Waals surface area contributed by atoms with Crippen LogP contribution in [-0.2, 0) is 27.8 Å². The van der Waals surface area contributed by atoms with Gasteiger partial charge >= 0.3 is 0 Å². The average Bonchev–Trinajstić information content (AvgIpc) is 3.49. The number of benzene rings is 1. The van der Waals surface area contributed by atoms with Gasteiger partial charge in [0.25, 0.3) is 10.0 Å². The number of amides is 1. The second kappa shape index (κ2) is 9.52. The number of nitrogens with zero attached hydrogens (tertiary/aromatic N) is 4. The van der Waals surface area contributed by atoms with Crippen LogP contribution in [0, 0.1) is 0 Å². The van der Waals surface area contributed by atoms with Crippen molar-refractivity contribution < 1.29 is 13.2 Å². The first-order valence-electron chi connectivity index (χ1n) is 11.1. The second-order valence-corrected chi connectivity index (χ2v) is 11.5. The lowest BCUT2D eigenvalue weighted by atomic mass is 9.89. The van der Waals surface area contributed by atoms with Crippen LogP contribution in [0.25, 0.3) is 6.08 Å². The van der Waals surface area contributed by atoms with Gasteiger partial charge in [-0.15, -0.1) is 11.6 Å². The van der Waals surface area contributed by atoms with E-state index in [0.717, 1.165) is 47.6 Å². The number of halogens is 1. The van der Waals surface area contributed by atoms with E-state index in [1.54, 1.807) is 12.1 Å². The van der Waals surface area contributed by atoms with E-state index in [1.807, 2.05) is 46.0 Å². The van der Waals surface area contributed by atoms with Gasteiger partial charge in [-0.25, -0.2) is 13.4 Å². The third-order valence-corrected chi connectivity index (χ3v) is 8.75. The fraction of sp³-hybridized carbons (Fsp3) is 0.348. The minimum atomic E-state index is -3.70. The molecule has 1 aromatic carbocycles. The first-order valence-corrected chi connectivity index (χ1v) is 13.8. The molecule has 0 spiro atoms. The number of hydrogen-bond acceptors (Lipinski definition) is 6. The number of likely N-dealkylation sites (tertiary alicyclic amines) is 1. The summed E-state index contributed by atoms with van der Waals surface area (Å²) in [4.78, 5) is 18.9. The number of rotatable bonds is 6. The highest BCUT2D eigenvalue weighted by molar-refractivity contribution is 7.93. The summed E-state index contributed by atoms with van der Waals surface area (Å²) >= 11 is 7.25. The molecule has 1 N–H and O–H groups in total. The Kier molecular flexibility index (Phi) is 6.46. The molecule has 0 saturated carbocycles. The molecule has 11 heteroatoms. The number of carbonyl (C=O) groups is 1. The van der Waals surface area contributed by atoms with Crippen molar-refractivity contribution in [1.29, 1.82) is 0 Å². The summed E-state index contributed by atoms with van der Waals surface area (Å²) in [5, 5.41) is 0.203. The smallest absolute Gasteiger partial charge is 0.263 e. The van der Waals surface area contributed by atoms with Crippen LogP contribution >= 0.6 is 23.1 Å². The summed E-state index contributed by atoms with van der Waals surface area (Å²) < 4.78 is 33.3. The van der Waals surface area contributed by atoms with Crippen molar-refractivity contribution in [3.63, 3.8) is 0 Å². The molecule has 1 aliphatic carbocycles. The van der Waals surface area contributed by atoms with Gasteiger partial charge in [0.15, 0.2) is 0 Å². The predicted octanol–water partition coefficient (Wildman–Crippen LogP) is 3.72. The molecule has 1 fully saturated rings. The van der Waals surface area contributed by atoms with E-state index in [1.165, 1.54) is 6.33 Å². The highest BCUT2D eigenvalue weighted by Crippen LogP contribution is 2.30. The summed E-state index contributed by atoms with van der Waals surface area (Å²) in [6, 6.07) is 8.98. The third-order valence-electron chi connectivity index (χ3n) is 6.38.